The summed E-state index contributed by atoms with van der Waals surface area (Å²) >= 11 is 0. The second-order valence-electron chi connectivity index (χ2n) is 15.3. The van der Waals surface area contributed by atoms with Crippen LogP contribution < -0.4 is 15.4 Å². The summed E-state index contributed by atoms with van der Waals surface area (Å²) in [6.07, 6.45) is -0.171. The Balaban J connectivity index is 1.25. The van der Waals surface area contributed by atoms with Crippen molar-refractivity contribution < 1.29 is 46.6 Å². The molecule has 16 heteroatoms. The number of carboxylic acid groups (broad SMARTS) is 1. The molecule has 52 heavy (non-hydrogen) atoms. The van der Waals surface area contributed by atoms with Crippen LogP contribution in [0.3, 0.4) is 0 Å². The number of nitrogens with one attached hydrogen (secondary N) is 3. The van der Waals surface area contributed by atoms with Gasteiger partial charge in [-0.05, 0) is 72.1 Å². The first-order valence-corrected chi connectivity index (χ1v) is 19.0. The number of aromatic carboxylic acids is 1. The maximum Gasteiger partial charge on any atom is 0.410 e. The van der Waals surface area contributed by atoms with Crippen LogP contribution in [0.5, 0.6) is 0 Å². The van der Waals surface area contributed by atoms with Gasteiger partial charge in [-0.1, -0.05) is 46.2 Å². The number of amides is 4. The fourth-order valence-electron chi connectivity index (χ4n) is 7.10. The summed E-state index contributed by atoms with van der Waals surface area (Å²) in [5.41, 5.74) is -0.489. The maximum absolute atomic E-state index is 14.5. The van der Waals surface area contributed by atoms with Crippen LogP contribution in [0.4, 0.5) is 14.9 Å². The van der Waals surface area contributed by atoms with Crippen molar-refractivity contribution in [1.82, 2.24) is 19.8 Å². The average molecular weight is 742 g/mol. The SMILES string of the molecule is CC[C@@H]1C[C@]1(NC(=O)[C@@H]1C[C@@H](OC(=O)N2Cc3ccc(F)cc3C2)CN1C(=O)[C@@H](Nc1cccc(C(=O)O)c1)C(C)(C)C)C(=O)NS(=O)(=O)C1CC1. The van der Waals surface area contributed by atoms with Crippen molar-refractivity contribution in [2.24, 2.45) is 11.3 Å². The van der Waals surface area contributed by atoms with Crippen molar-refractivity contribution in [3.63, 3.8) is 0 Å². The second-order valence-corrected chi connectivity index (χ2v) is 17.3. The molecular formula is C36H44FN5O9S. The van der Waals surface area contributed by atoms with E-state index in [1.165, 1.54) is 40.1 Å². The Labute approximate surface area is 301 Å². The fraction of sp³-hybridized carbons (Fsp3) is 0.528. The van der Waals surface area contributed by atoms with Gasteiger partial charge in [-0.3, -0.25) is 24.0 Å². The summed E-state index contributed by atoms with van der Waals surface area (Å²) < 4.78 is 47.2. The van der Waals surface area contributed by atoms with Crippen molar-refractivity contribution in [3.05, 3.63) is 65.0 Å². The van der Waals surface area contributed by atoms with E-state index in [9.17, 15) is 41.9 Å². The largest absolute Gasteiger partial charge is 0.478 e. The molecule has 3 fully saturated rings. The van der Waals surface area contributed by atoms with Crippen LogP contribution in [0.15, 0.2) is 42.5 Å². The molecule has 2 aromatic carbocycles. The molecule has 2 aliphatic heterocycles. The van der Waals surface area contributed by atoms with Crippen LogP contribution in [0.2, 0.25) is 0 Å². The molecule has 280 valence electrons. The van der Waals surface area contributed by atoms with Crippen molar-refractivity contribution in [2.45, 2.75) is 102 Å². The van der Waals surface area contributed by atoms with Gasteiger partial charge in [0.2, 0.25) is 21.8 Å². The van der Waals surface area contributed by atoms with E-state index in [1.807, 2.05) is 6.92 Å². The third kappa shape index (κ3) is 7.57. The quantitative estimate of drug-likeness (QED) is 0.266. The summed E-state index contributed by atoms with van der Waals surface area (Å²) in [6, 6.07) is 8.03. The van der Waals surface area contributed by atoms with Gasteiger partial charge in [0.15, 0.2) is 0 Å². The number of rotatable bonds is 11. The van der Waals surface area contributed by atoms with Gasteiger partial charge in [0, 0.05) is 25.2 Å². The molecule has 1 saturated heterocycles. The van der Waals surface area contributed by atoms with Gasteiger partial charge in [-0.2, -0.15) is 0 Å². The average Bonchev–Trinajstić information content (AvgIpc) is 3.97. The van der Waals surface area contributed by atoms with Crippen molar-refractivity contribution in [2.75, 3.05) is 11.9 Å². The van der Waals surface area contributed by atoms with Gasteiger partial charge < -0.3 is 25.4 Å². The Morgan fingerprint density at radius 3 is 2.40 bits per heavy atom. The maximum atomic E-state index is 14.5. The van der Waals surface area contributed by atoms with Gasteiger partial charge >= 0.3 is 12.1 Å². The zero-order chi connectivity index (χ0) is 37.7. The first kappa shape index (κ1) is 37.0. The molecule has 0 unspecified atom stereocenters. The Morgan fingerprint density at radius 2 is 1.77 bits per heavy atom. The lowest BCUT2D eigenvalue weighted by Crippen LogP contribution is -2.58. The number of fused-ring (bicyclic) bond motifs is 1. The fourth-order valence-corrected chi connectivity index (χ4v) is 8.47. The Kier molecular flexibility index (Phi) is 9.74. The molecular weight excluding hydrogens is 697 g/mol. The van der Waals surface area contributed by atoms with E-state index >= 15 is 0 Å². The Morgan fingerprint density at radius 1 is 1.06 bits per heavy atom. The van der Waals surface area contributed by atoms with Crippen molar-refractivity contribution >= 4 is 45.5 Å². The van der Waals surface area contributed by atoms with Crippen LogP contribution in [-0.4, -0.2) is 88.6 Å². The van der Waals surface area contributed by atoms with E-state index in [0.717, 1.165) is 5.56 Å². The molecule has 6 rings (SSSR count). The van der Waals surface area contributed by atoms with E-state index in [-0.39, 0.29) is 44.0 Å². The molecule has 2 aliphatic carbocycles. The van der Waals surface area contributed by atoms with Gasteiger partial charge in [-0.15, -0.1) is 0 Å². The molecule has 2 saturated carbocycles. The lowest BCUT2D eigenvalue weighted by atomic mass is 9.85. The monoisotopic (exact) mass is 741 g/mol. The highest BCUT2D eigenvalue weighted by molar-refractivity contribution is 7.91. The highest BCUT2D eigenvalue weighted by Gasteiger charge is 2.62. The molecule has 14 nitrogen and oxygen atoms in total. The zero-order valence-corrected chi connectivity index (χ0v) is 30.3. The second kappa shape index (κ2) is 13.7. The smallest absolute Gasteiger partial charge is 0.410 e. The minimum atomic E-state index is -3.90. The van der Waals surface area contributed by atoms with Gasteiger partial charge in [0.05, 0.1) is 17.4 Å². The number of hydrogen-bond acceptors (Lipinski definition) is 9. The number of ether oxygens (including phenoxy) is 1. The van der Waals surface area contributed by atoms with Crippen molar-refractivity contribution in [1.29, 1.82) is 0 Å². The number of carboxylic acids is 1. The highest BCUT2D eigenvalue weighted by Crippen LogP contribution is 2.47. The normalized spacial score (nSPS) is 24.4. The van der Waals surface area contributed by atoms with E-state index in [2.05, 4.69) is 15.4 Å². The molecule has 4 amide bonds. The van der Waals surface area contributed by atoms with Crippen LogP contribution in [0, 0.1) is 17.2 Å². The highest BCUT2D eigenvalue weighted by atomic mass is 32.2. The molecule has 0 aromatic heterocycles. The Hall–Kier alpha value is -4.73. The minimum Gasteiger partial charge on any atom is -0.478 e. The number of hydrogen-bond donors (Lipinski definition) is 4. The number of anilines is 1. The summed E-state index contributed by atoms with van der Waals surface area (Å²) in [5, 5.41) is 14.8. The van der Waals surface area contributed by atoms with Gasteiger partial charge in [0.1, 0.15) is 29.5 Å². The molecule has 0 bridgehead atoms. The van der Waals surface area contributed by atoms with Crippen molar-refractivity contribution in [3.8, 4) is 0 Å². The lowest BCUT2D eigenvalue weighted by Gasteiger charge is -2.36. The summed E-state index contributed by atoms with van der Waals surface area (Å²) in [7, 11) is -3.90. The van der Waals surface area contributed by atoms with E-state index in [1.54, 1.807) is 32.9 Å². The van der Waals surface area contributed by atoms with E-state index in [0.29, 0.717) is 30.5 Å². The number of carbonyl (C=O) groups is 5. The first-order valence-electron chi connectivity index (χ1n) is 17.4. The van der Waals surface area contributed by atoms with Crippen LogP contribution in [0.1, 0.15) is 81.3 Å². The molecule has 4 aliphatic rings. The Bertz CT molecular complexity index is 1910. The summed E-state index contributed by atoms with van der Waals surface area (Å²) in [5.74, 6) is -3.97. The number of nitrogens with zero attached hydrogens (tertiary/aromatic N) is 2. The van der Waals surface area contributed by atoms with Gasteiger partial charge in [-0.25, -0.2) is 22.4 Å². The van der Waals surface area contributed by atoms with E-state index in [4.69, 9.17) is 4.74 Å². The topological polar surface area (TPSA) is 192 Å². The van der Waals surface area contributed by atoms with E-state index < -0.39 is 80.0 Å². The van der Waals surface area contributed by atoms with Gasteiger partial charge in [0.25, 0.3) is 5.91 Å². The van der Waals surface area contributed by atoms with Crippen LogP contribution >= 0.6 is 0 Å². The number of sulfonamides is 1. The molecule has 2 aromatic rings. The lowest BCUT2D eigenvalue weighted by molar-refractivity contribution is -0.141. The summed E-state index contributed by atoms with van der Waals surface area (Å²) in [6.45, 7) is 7.37. The molecule has 4 N–H and O–H groups in total. The number of carbonyl (C=O) groups excluding carboxylic acids is 4. The molecule has 0 spiro atoms. The standard InChI is InChI=1S/C36H44FN5O9S/c1-5-23-16-36(23,33(47)40-52(49,50)27-11-12-27)39-30(43)28-15-26(51-34(48)41-17-21-9-10-24(37)13-22(21)18-41)19-42(28)31(44)29(35(2,3)4)38-25-8-6-7-20(14-25)32(45)46/h6-10,13-14,23,26-29,38H,5,11-12,15-19H2,1-4H3,(H,39,43)(H,40,47)(H,45,46)/t23-,26-,28+,29-,36-/m1/s1. The predicted molar refractivity (Wildman–Crippen MR) is 186 cm³/mol. The molecule has 2 heterocycles. The first-order chi connectivity index (χ1) is 24.4. The number of halogens is 1. The zero-order valence-electron chi connectivity index (χ0n) is 29.5. The molecule has 5 atom stereocenters. The third-order valence-electron chi connectivity index (χ3n) is 10.3. The third-order valence-corrected chi connectivity index (χ3v) is 12.2. The number of likely N-dealkylation sites (tertiary alicyclic amines) is 1. The predicted octanol–water partition coefficient (Wildman–Crippen LogP) is 3.37. The van der Waals surface area contributed by atoms with Crippen LogP contribution in [0.25, 0.3) is 0 Å². The van der Waals surface area contributed by atoms with Crippen LogP contribution in [-0.2, 0) is 42.2 Å². The minimum absolute atomic E-state index is 0.00417. The summed E-state index contributed by atoms with van der Waals surface area (Å²) in [4.78, 5) is 69.9. The number of benzene rings is 2. The molecule has 0 radical (unpaired) electrons.